The average Bonchev–Trinajstić information content (AvgIpc) is 2.25. The lowest BCUT2D eigenvalue weighted by Crippen LogP contribution is -2.29. The minimum atomic E-state index is -0.0454. The van der Waals surface area contributed by atoms with Gasteiger partial charge in [-0.25, -0.2) is 0 Å². The van der Waals surface area contributed by atoms with Crippen LogP contribution in [-0.2, 0) is 0 Å². The predicted molar refractivity (Wildman–Crippen MR) is 72.9 cm³/mol. The fourth-order valence-electron chi connectivity index (χ4n) is 1.45. The zero-order chi connectivity index (χ0) is 12.2. The number of aliphatic hydroxyl groups is 1. The Hall–Kier alpha value is -0.540. The summed E-state index contributed by atoms with van der Waals surface area (Å²) >= 11 is 3.48. The zero-order valence-electron chi connectivity index (χ0n) is 10.2. The highest BCUT2D eigenvalue weighted by Crippen LogP contribution is 2.23. The third-order valence-corrected chi connectivity index (χ3v) is 3.45. The maximum atomic E-state index is 9.32. The Labute approximate surface area is 106 Å². The van der Waals surface area contributed by atoms with Gasteiger partial charge in [0.15, 0.2) is 0 Å². The smallest absolute Gasteiger partial charge is 0.0501 e. The fraction of sp³-hybridized carbons (Fsp3) is 0.538. The van der Waals surface area contributed by atoms with Crippen molar-refractivity contribution in [3.8, 4) is 0 Å². The van der Waals surface area contributed by atoms with Gasteiger partial charge in [0.05, 0.1) is 6.61 Å². The van der Waals surface area contributed by atoms with Crippen LogP contribution in [0.1, 0.15) is 25.8 Å². The molecule has 1 aromatic rings. The molecule has 0 aliphatic heterocycles. The second-order valence-electron chi connectivity index (χ2n) is 4.69. The minimum Gasteiger partial charge on any atom is -0.396 e. The summed E-state index contributed by atoms with van der Waals surface area (Å²) in [5.41, 5.74) is 2.27. The van der Waals surface area contributed by atoms with Gasteiger partial charge in [-0.3, -0.25) is 0 Å². The van der Waals surface area contributed by atoms with Gasteiger partial charge >= 0.3 is 0 Å². The lowest BCUT2D eigenvalue weighted by atomic mass is 9.88. The van der Waals surface area contributed by atoms with Crippen LogP contribution in [0.3, 0.4) is 0 Å². The van der Waals surface area contributed by atoms with Crippen molar-refractivity contribution >= 4 is 21.6 Å². The van der Waals surface area contributed by atoms with Gasteiger partial charge < -0.3 is 10.4 Å². The maximum absolute atomic E-state index is 9.32. The Morgan fingerprint density at radius 3 is 2.56 bits per heavy atom. The molecule has 90 valence electrons. The molecule has 0 aliphatic carbocycles. The van der Waals surface area contributed by atoms with E-state index in [-0.39, 0.29) is 12.0 Å². The van der Waals surface area contributed by atoms with Crippen LogP contribution in [0, 0.1) is 12.3 Å². The summed E-state index contributed by atoms with van der Waals surface area (Å²) in [6.07, 6.45) is 0.962. The first-order valence-electron chi connectivity index (χ1n) is 5.61. The van der Waals surface area contributed by atoms with Crippen molar-refractivity contribution < 1.29 is 5.11 Å². The minimum absolute atomic E-state index is 0.0454. The SMILES string of the molecule is CCC(C)(CO)CNc1cc(C)cc(Br)c1. The number of halogens is 1. The molecule has 2 nitrogen and oxygen atoms in total. The van der Waals surface area contributed by atoms with Crippen molar-refractivity contribution in [2.24, 2.45) is 5.41 Å². The number of benzene rings is 1. The van der Waals surface area contributed by atoms with Gasteiger partial charge in [-0.2, -0.15) is 0 Å². The summed E-state index contributed by atoms with van der Waals surface area (Å²) < 4.78 is 1.08. The van der Waals surface area contributed by atoms with Crippen molar-refractivity contribution in [2.75, 3.05) is 18.5 Å². The Kier molecular flexibility index (Phi) is 4.81. The lowest BCUT2D eigenvalue weighted by Gasteiger charge is -2.26. The maximum Gasteiger partial charge on any atom is 0.0501 e. The van der Waals surface area contributed by atoms with Crippen LogP contribution in [0.25, 0.3) is 0 Å². The van der Waals surface area contributed by atoms with Crippen molar-refractivity contribution in [3.05, 3.63) is 28.2 Å². The van der Waals surface area contributed by atoms with E-state index < -0.39 is 0 Å². The van der Waals surface area contributed by atoms with Gasteiger partial charge in [0, 0.05) is 22.1 Å². The molecule has 0 saturated heterocycles. The molecule has 1 unspecified atom stereocenters. The number of hydrogen-bond donors (Lipinski definition) is 2. The Morgan fingerprint density at radius 2 is 2.06 bits per heavy atom. The number of rotatable bonds is 5. The van der Waals surface area contributed by atoms with Crippen molar-refractivity contribution in [3.63, 3.8) is 0 Å². The molecule has 1 atom stereocenters. The first-order chi connectivity index (χ1) is 7.49. The predicted octanol–water partition coefficient (Wildman–Crippen LogP) is 3.58. The molecular weight excluding hydrogens is 266 g/mol. The highest BCUT2D eigenvalue weighted by atomic mass is 79.9. The number of aryl methyl sites for hydroxylation is 1. The zero-order valence-corrected chi connectivity index (χ0v) is 11.8. The van der Waals surface area contributed by atoms with E-state index in [2.05, 4.69) is 60.2 Å². The van der Waals surface area contributed by atoms with E-state index in [0.29, 0.717) is 0 Å². The summed E-state index contributed by atoms with van der Waals surface area (Å²) in [4.78, 5) is 0. The van der Waals surface area contributed by atoms with E-state index in [4.69, 9.17) is 0 Å². The standard InChI is InChI=1S/C13H20BrNO/c1-4-13(3,9-16)8-15-12-6-10(2)5-11(14)7-12/h5-7,15-16H,4,8-9H2,1-3H3. The summed E-state index contributed by atoms with van der Waals surface area (Å²) in [5.74, 6) is 0. The Balaban J connectivity index is 2.67. The third kappa shape index (κ3) is 3.80. The summed E-state index contributed by atoms with van der Waals surface area (Å²) in [6.45, 7) is 7.26. The van der Waals surface area contributed by atoms with Gasteiger partial charge in [-0.15, -0.1) is 0 Å². The Bertz CT molecular complexity index is 328. The molecule has 3 heteroatoms. The van der Waals surface area contributed by atoms with E-state index in [9.17, 15) is 5.11 Å². The van der Waals surface area contributed by atoms with Crippen LogP contribution in [0.5, 0.6) is 0 Å². The van der Waals surface area contributed by atoms with Crippen LogP contribution < -0.4 is 5.32 Å². The van der Waals surface area contributed by atoms with Crippen LogP contribution in [0.2, 0.25) is 0 Å². The van der Waals surface area contributed by atoms with E-state index in [1.807, 2.05) is 0 Å². The quantitative estimate of drug-likeness (QED) is 0.867. The molecule has 1 aromatic carbocycles. The molecule has 0 spiro atoms. The van der Waals surface area contributed by atoms with Crippen LogP contribution in [0.15, 0.2) is 22.7 Å². The van der Waals surface area contributed by atoms with Crippen molar-refractivity contribution in [1.29, 1.82) is 0 Å². The molecule has 2 N–H and O–H groups in total. The van der Waals surface area contributed by atoms with Gasteiger partial charge in [-0.05, 0) is 37.1 Å². The van der Waals surface area contributed by atoms with Crippen molar-refractivity contribution in [2.45, 2.75) is 27.2 Å². The number of anilines is 1. The summed E-state index contributed by atoms with van der Waals surface area (Å²) in [5, 5.41) is 12.7. The van der Waals surface area contributed by atoms with Gasteiger partial charge in [0.1, 0.15) is 0 Å². The van der Waals surface area contributed by atoms with Gasteiger partial charge in [0.25, 0.3) is 0 Å². The third-order valence-electron chi connectivity index (χ3n) is 3.00. The molecule has 0 amide bonds. The second kappa shape index (κ2) is 5.69. The molecular formula is C13H20BrNO. The molecule has 0 bridgehead atoms. The van der Waals surface area contributed by atoms with E-state index in [1.165, 1.54) is 5.56 Å². The monoisotopic (exact) mass is 285 g/mol. The normalized spacial score (nSPS) is 14.6. The number of hydrogen-bond acceptors (Lipinski definition) is 2. The number of nitrogens with one attached hydrogen (secondary N) is 1. The molecule has 0 saturated carbocycles. The van der Waals surface area contributed by atoms with E-state index >= 15 is 0 Å². The van der Waals surface area contributed by atoms with Crippen molar-refractivity contribution in [1.82, 2.24) is 0 Å². The van der Waals surface area contributed by atoms with E-state index in [1.54, 1.807) is 0 Å². The topological polar surface area (TPSA) is 32.3 Å². The fourth-order valence-corrected chi connectivity index (χ4v) is 2.05. The van der Waals surface area contributed by atoms with E-state index in [0.717, 1.165) is 23.1 Å². The lowest BCUT2D eigenvalue weighted by molar-refractivity contribution is 0.149. The first kappa shape index (κ1) is 13.5. The Morgan fingerprint density at radius 1 is 1.38 bits per heavy atom. The molecule has 0 aromatic heterocycles. The van der Waals surface area contributed by atoms with Crippen LogP contribution in [0.4, 0.5) is 5.69 Å². The molecule has 1 rings (SSSR count). The molecule has 16 heavy (non-hydrogen) atoms. The highest BCUT2D eigenvalue weighted by molar-refractivity contribution is 9.10. The molecule has 0 aliphatic rings. The summed E-state index contributed by atoms with van der Waals surface area (Å²) in [6, 6.07) is 6.24. The second-order valence-corrected chi connectivity index (χ2v) is 5.61. The summed E-state index contributed by atoms with van der Waals surface area (Å²) in [7, 11) is 0. The largest absolute Gasteiger partial charge is 0.396 e. The van der Waals surface area contributed by atoms with Gasteiger partial charge in [-0.1, -0.05) is 29.8 Å². The molecule has 0 radical (unpaired) electrons. The van der Waals surface area contributed by atoms with Crippen LogP contribution in [-0.4, -0.2) is 18.3 Å². The molecule has 0 heterocycles. The van der Waals surface area contributed by atoms with Gasteiger partial charge in [0.2, 0.25) is 0 Å². The average molecular weight is 286 g/mol. The number of aliphatic hydroxyl groups excluding tert-OH is 1. The molecule has 0 fully saturated rings. The highest BCUT2D eigenvalue weighted by Gasteiger charge is 2.20. The first-order valence-corrected chi connectivity index (χ1v) is 6.40. The van der Waals surface area contributed by atoms with Crippen LogP contribution >= 0.6 is 15.9 Å².